The van der Waals surface area contributed by atoms with Crippen LogP contribution in [0.5, 0.6) is 5.75 Å². The van der Waals surface area contributed by atoms with Gasteiger partial charge in [-0.15, -0.1) is 0 Å². The number of imidazole rings is 1. The van der Waals surface area contributed by atoms with Crippen LogP contribution >= 0.6 is 14.5 Å². The highest BCUT2D eigenvalue weighted by atomic mass is 32.5. The highest BCUT2D eigenvalue weighted by Crippen LogP contribution is 2.54. The van der Waals surface area contributed by atoms with Crippen LogP contribution in [0.15, 0.2) is 89.1 Å². The first kappa shape index (κ1) is 67.2. The molecule has 3 aromatic heterocycles. The molecule has 39 heteroatoms. The lowest BCUT2D eigenvalue weighted by atomic mass is 9.99. The molecule has 4 saturated heterocycles. The number of carbonyl (C=O) groups is 6. The molecule has 5 aliphatic rings. The Morgan fingerprint density at radius 1 is 0.772 bits per heavy atom. The SMILES string of the molecule is O=C(CCCCCN1C(=O)C=CC1=O)NCCC(=O)Nc1cc(COC(=O)Nc2ccc(Cc3ncnc4c3ncn4[C@@H]3O[C@@H]4COP(O)(=S)O[C@H]5[C@@H](F)[C@H](n6ccc(=O)[nH]c6=O)O[C@@H]5COP(=O)(O)O[C@H]4[C@H]3F)cc2)ccc1O[C@H]1O[C@@H](C(=O)O)[C@H](O)[C@@H](O)[C@@H]1O. The van der Waals surface area contributed by atoms with Gasteiger partial charge in [0.05, 0.1) is 30.9 Å². The number of imide groups is 1. The Bertz CT molecular complexity index is 3850. The average molecular weight is 1350 g/mol. The number of aliphatic carboxylic acids is 1. The van der Waals surface area contributed by atoms with Gasteiger partial charge in [-0.05, 0) is 60.0 Å². The fourth-order valence-corrected chi connectivity index (χ4v) is 12.6. The molecule has 10 rings (SSSR count). The summed E-state index contributed by atoms with van der Waals surface area (Å²) in [6.45, 7) is -6.64. The maximum absolute atomic E-state index is 16.7. The fraction of sp³-hybridized carbons (Fsp3) is 0.453. The molecule has 0 radical (unpaired) electrons. The highest BCUT2D eigenvalue weighted by molar-refractivity contribution is 8.07. The molecule has 0 spiro atoms. The number of hydrogen-bond acceptors (Lipinski definition) is 25. The predicted molar refractivity (Wildman–Crippen MR) is 307 cm³/mol. The first-order valence-electron chi connectivity index (χ1n) is 28.0. The van der Waals surface area contributed by atoms with Crippen molar-refractivity contribution >= 4 is 84.6 Å². The number of unbranched alkanes of at least 4 members (excludes halogenated alkanes) is 2. The average Bonchev–Trinajstić information content (AvgIpc) is 1.60. The van der Waals surface area contributed by atoms with E-state index in [1.54, 1.807) is 24.3 Å². The Kier molecular flexibility index (Phi) is 20.9. The van der Waals surface area contributed by atoms with Crippen LogP contribution in [0.3, 0.4) is 0 Å². The van der Waals surface area contributed by atoms with Crippen molar-refractivity contribution in [3.8, 4) is 5.75 Å². The van der Waals surface area contributed by atoms with Gasteiger partial charge in [-0.1, -0.05) is 24.6 Å². The number of carbonyl (C=O) groups excluding carboxylic acids is 5. The molecule has 494 valence electrons. The number of alkyl halides is 2. The molecule has 8 heterocycles. The molecule has 0 bridgehead atoms. The number of phosphoric acid groups is 1. The number of anilines is 2. The number of carboxylic acids is 1. The van der Waals surface area contributed by atoms with E-state index in [0.717, 1.165) is 21.7 Å². The van der Waals surface area contributed by atoms with Crippen LogP contribution in [0.25, 0.3) is 11.2 Å². The van der Waals surface area contributed by atoms with Crippen LogP contribution in [-0.4, -0.2) is 194 Å². The fourth-order valence-electron chi connectivity index (χ4n) is 10.2. The minimum atomic E-state index is -5.29. The number of halogens is 2. The zero-order chi connectivity index (χ0) is 65.8. The van der Waals surface area contributed by atoms with E-state index in [4.69, 9.17) is 53.6 Å². The molecule has 0 saturated carbocycles. The molecular formula is C53H58F2N10O24P2S. The van der Waals surface area contributed by atoms with Crippen molar-refractivity contribution < 1.29 is 114 Å². The van der Waals surface area contributed by atoms with Gasteiger partial charge in [0.15, 0.2) is 36.6 Å². The number of carboxylic acid groups (broad SMARTS) is 1. The maximum Gasteiger partial charge on any atom is 0.472 e. The second kappa shape index (κ2) is 28.7. The van der Waals surface area contributed by atoms with Gasteiger partial charge in [0.1, 0.15) is 66.9 Å². The molecule has 34 nitrogen and oxygen atoms in total. The Labute approximate surface area is 521 Å². The number of ether oxygens (including phenoxy) is 5. The highest BCUT2D eigenvalue weighted by Gasteiger charge is 2.55. The molecule has 5 aliphatic heterocycles. The van der Waals surface area contributed by atoms with Crippen molar-refractivity contribution in [3.63, 3.8) is 0 Å². The van der Waals surface area contributed by atoms with Crippen molar-refractivity contribution in [2.24, 2.45) is 0 Å². The molecular weight excluding hydrogens is 1290 g/mol. The number of phosphoric ester groups is 1. The van der Waals surface area contributed by atoms with Gasteiger partial charge in [0.2, 0.25) is 18.1 Å². The number of fused-ring (bicyclic) bond motifs is 3. The van der Waals surface area contributed by atoms with Gasteiger partial charge in [0, 0.05) is 62.5 Å². The van der Waals surface area contributed by atoms with Crippen LogP contribution in [0, 0.1) is 0 Å². The smallest absolute Gasteiger partial charge is 0.472 e. The number of rotatable bonds is 20. The van der Waals surface area contributed by atoms with Crippen LogP contribution < -0.4 is 31.9 Å². The Balaban J connectivity index is 0.742. The maximum atomic E-state index is 16.7. The number of aromatic amines is 1. The van der Waals surface area contributed by atoms with Crippen LogP contribution in [0.1, 0.15) is 61.4 Å². The van der Waals surface area contributed by atoms with Gasteiger partial charge in [-0.3, -0.25) is 61.9 Å². The van der Waals surface area contributed by atoms with E-state index in [-0.39, 0.29) is 72.1 Å². The molecule has 4 fully saturated rings. The summed E-state index contributed by atoms with van der Waals surface area (Å²) in [6.07, 6.45) is -19.0. The molecule has 5 aromatic rings. The quantitative estimate of drug-likeness (QED) is 0.0288. The summed E-state index contributed by atoms with van der Waals surface area (Å²) in [5.41, 5.74) is -0.282. The minimum absolute atomic E-state index is 0.0356. The summed E-state index contributed by atoms with van der Waals surface area (Å²) >= 11 is 5.14. The third kappa shape index (κ3) is 15.8. The molecule has 15 atom stereocenters. The minimum Gasteiger partial charge on any atom is -0.479 e. The third-order valence-corrected chi connectivity index (χ3v) is 17.4. The molecule has 92 heavy (non-hydrogen) atoms. The van der Waals surface area contributed by atoms with Gasteiger partial charge < -0.3 is 69.1 Å². The van der Waals surface area contributed by atoms with Crippen molar-refractivity contribution in [1.82, 2.24) is 39.3 Å². The Morgan fingerprint density at radius 3 is 2.16 bits per heavy atom. The third-order valence-electron chi connectivity index (χ3n) is 14.9. The lowest BCUT2D eigenvalue weighted by Gasteiger charge is -2.38. The van der Waals surface area contributed by atoms with Crippen molar-refractivity contribution in [2.75, 3.05) is 36.9 Å². The van der Waals surface area contributed by atoms with E-state index in [1.807, 2.05) is 4.98 Å². The zero-order valence-corrected chi connectivity index (χ0v) is 50.2. The van der Waals surface area contributed by atoms with Crippen LogP contribution in [-0.2, 0) is 90.4 Å². The molecule has 2 unspecified atom stereocenters. The van der Waals surface area contributed by atoms with Crippen molar-refractivity contribution in [3.05, 3.63) is 117 Å². The summed E-state index contributed by atoms with van der Waals surface area (Å²) in [5, 5.41) is 48.5. The number of aliphatic hydroxyl groups excluding tert-OH is 3. The van der Waals surface area contributed by atoms with Gasteiger partial charge >= 0.3 is 32.3 Å². The van der Waals surface area contributed by atoms with Gasteiger partial charge in [-0.25, -0.2) is 42.7 Å². The lowest BCUT2D eigenvalue weighted by molar-refractivity contribution is -0.271. The van der Waals surface area contributed by atoms with E-state index in [2.05, 4.69) is 30.9 Å². The summed E-state index contributed by atoms with van der Waals surface area (Å²) in [6, 6.07) is 11.2. The Morgan fingerprint density at radius 2 is 1.46 bits per heavy atom. The molecule has 2 aromatic carbocycles. The number of aromatic nitrogens is 6. The van der Waals surface area contributed by atoms with E-state index < -0.39 is 155 Å². The summed E-state index contributed by atoms with van der Waals surface area (Å²) < 4.78 is 97.1. The predicted octanol–water partition coefficient (Wildman–Crippen LogP) is 0.523. The summed E-state index contributed by atoms with van der Waals surface area (Å²) in [7, 11) is -5.29. The Hall–Kier alpha value is -7.71. The topological polar surface area (TPSA) is 462 Å². The van der Waals surface area contributed by atoms with Crippen molar-refractivity contribution in [2.45, 2.75) is 125 Å². The normalized spacial score (nSPS) is 29.8. The van der Waals surface area contributed by atoms with Crippen LogP contribution in [0.2, 0.25) is 0 Å². The number of amides is 5. The van der Waals surface area contributed by atoms with E-state index in [9.17, 15) is 73.1 Å². The lowest BCUT2D eigenvalue weighted by Crippen LogP contribution is -2.61. The first-order chi connectivity index (χ1) is 43.8. The van der Waals surface area contributed by atoms with E-state index in [0.29, 0.717) is 35.1 Å². The molecule has 0 aliphatic carbocycles. The largest absolute Gasteiger partial charge is 0.479 e. The van der Waals surface area contributed by atoms with E-state index >= 15 is 8.78 Å². The van der Waals surface area contributed by atoms with Gasteiger partial charge in [0.25, 0.3) is 17.4 Å². The summed E-state index contributed by atoms with van der Waals surface area (Å²) in [4.78, 5) is 136. The van der Waals surface area contributed by atoms with E-state index in [1.165, 1.54) is 43.0 Å². The number of hydrogen-bond donors (Lipinski definition) is 10. The second-order valence-electron chi connectivity index (χ2n) is 21.2. The monoisotopic (exact) mass is 1350 g/mol. The van der Waals surface area contributed by atoms with Crippen molar-refractivity contribution in [1.29, 1.82) is 0 Å². The number of nitrogens with zero attached hydrogens (tertiary/aromatic N) is 6. The number of H-pyrrole nitrogens is 1. The zero-order valence-electron chi connectivity index (χ0n) is 47.6. The van der Waals surface area contributed by atoms with Crippen LogP contribution in [0.4, 0.5) is 25.0 Å². The number of benzene rings is 2. The first-order valence-corrected chi connectivity index (χ1v) is 32.1. The number of aliphatic hydroxyl groups is 3. The molecule has 5 amide bonds. The number of nitrogens with one attached hydrogen (secondary N) is 4. The summed E-state index contributed by atoms with van der Waals surface area (Å²) in [5.74, 6) is -3.72. The second-order valence-corrected chi connectivity index (χ2v) is 25.4. The molecule has 10 N–H and O–H groups in total. The van der Waals surface area contributed by atoms with Gasteiger partial charge in [-0.2, -0.15) is 0 Å². The standard InChI is InChI=1S/C53H58F2N10O24P2S/c54-38-44-32(22-83-91(80,92)89-45-31(21-82-90(78,79)88-44)84-48(39(45)55)64-17-14-35(68)62-52(64)76)85-49(38)65-24-59-40-29(57-23-58-47(40)65)18-25-5-8-27(9-6-25)60-53(77)81-20-26-7-10-30(86-51-43(73)41(71)42(72)46(87-51)50(74)75)28(19-26)61-34(67)13-15-56-33(66)4-2-1-3-16-63-36(69)11-12-37(63)70/h5-12,14,17,19,23-24,31-32,38-39,41-46,48-49,51,71-73H,1-4,13,15-16,18,20-22H2,(H,56,66)(H,60,77)(H,61,67)(H,74,75)(H,78,79)(H,80,92)(H,62,68,76)/t31-,32-,38-,39-,41-,42-,43+,44-,45-,46-,48-,49-,51+,91?/m1/s1.